The minimum Gasteiger partial charge on any atom is -0.497 e. The highest BCUT2D eigenvalue weighted by atomic mass is 35.5. The SMILES string of the molecule is COc1ccc(CN(Cc2ccc(OC)cc2)c2ncccc2[C@@H](C)N2CCOc3nc(-c4nc(N)c(F)c(C)c4C(F)(F)F)c(Cl)c4nc(OC[C@@]56CCCN5C[C@H](F)C6)nc2c34)cc1. The molecular formula is C47H47ClF5N9O4. The summed E-state index contributed by atoms with van der Waals surface area (Å²) >= 11 is 7.12. The fourth-order valence-corrected chi connectivity index (χ4v) is 9.78. The predicted molar refractivity (Wildman–Crippen MR) is 240 cm³/mol. The van der Waals surface area contributed by atoms with E-state index in [4.69, 9.17) is 51.2 Å². The third kappa shape index (κ3) is 8.40. The van der Waals surface area contributed by atoms with Crippen LogP contribution in [-0.4, -0.2) is 88.6 Å². The molecular weight excluding hydrogens is 885 g/mol. The van der Waals surface area contributed by atoms with Crippen molar-refractivity contribution in [3.8, 4) is 34.8 Å². The average Bonchev–Trinajstić information content (AvgIpc) is 3.77. The Bertz CT molecular complexity index is 2720. The van der Waals surface area contributed by atoms with Crippen molar-refractivity contribution in [3.05, 3.63) is 106 Å². The van der Waals surface area contributed by atoms with E-state index in [1.807, 2.05) is 72.5 Å². The average molecular weight is 932 g/mol. The Morgan fingerprint density at radius 2 is 1.64 bits per heavy atom. The van der Waals surface area contributed by atoms with E-state index in [0.29, 0.717) is 25.3 Å². The number of aromatic nitrogens is 5. The highest BCUT2D eigenvalue weighted by Crippen LogP contribution is 2.48. The zero-order valence-corrected chi connectivity index (χ0v) is 37.4. The molecule has 0 unspecified atom stereocenters. The first-order chi connectivity index (χ1) is 31.7. The molecule has 3 aliphatic rings. The lowest BCUT2D eigenvalue weighted by Crippen LogP contribution is -2.43. The number of halogens is 6. The number of methoxy groups -OCH3 is 2. The first-order valence-corrected chi connectivity index (χ1v) is 21.9. The fraction of sp³-hybridized carbons (Fsp3) is 0.383. The maximum atomic E-state index is 15.0. The van der Waals surface area contributed by atoms with Crippen molar-refractivity contribution in [1.29, 1.82) is 0 Å². The van der Waals surface area contributed by atoms with Crippen molar-refractivity contribution in [1.82, 2.24) is 29.8 Å². The highest BCUT2D eigenvalue weighted by Gasteiger charge is 2.49. The van der Waals surface area contributed by atoms with E-state index in [0.717, 1.165) is 48.1 Å². The van der Waals surface area contributed by atoms with Gasteiger partial charge in [-0.1, -0.05) is 41.9 Å². The third-order valence-electron chi connectivity index (χ3n) is 12.8. The number of benzene rings is 2. The van der Waals surface area contributed by atoms with Crippen molar-refractivity contribution < 1.29 is 40.9 Å². The number of alkyl halides is 4. The molecule has 0 spiro atoms. The number of hydrogen-bond acceptors (Lipinski definition) is 13. The molecule has 0 aliphatic carbocycles. The van der Waals surface area contributed by atoms with E-state index < -0.39 is 58.1 Å². The number of nitrogens with two attached hydrogens (primary N) is 1. The van der Waals surface area contributed by atoms with Gasteiger partial charge >= 0.3 is 12.2 Å². The van der Waals surface area contributed by atoms with Crippen LogP contribution in [0.4, 0.5) is 39.4 Å². The summed E-state index contributed by atoms with van der Waals surface area (Å²) in [5, 5.41) is -0.147. The van der Waals surface area contributed by atoms with Crippen LogP contribution >= 0.6 is 11.6 Å². The molecule has 0 amide bonds. The molecule has 2 fully saturated rings. The van der Waals surface area contributed by atoms with Crippen LogP contribution in [0.2, 0.25) is 5.02 Å². The van der Waals surface area contributed by atoms with Crippen molar-refractivity contribution in [2.24, 2.45) is 0 Å². The van der Waals surface area contributed by atoms with Crippen molar-refractivity contribution in [3.63, 3.8) is 0 Å². The van der Waals surface area contributed by atoms with Gasteiger partial charge in [0.1, 0.15) is 64.8 Å². The van der Waals surface area contributed by atoms with Gasteiger partial charge < -0.3 is 34.5 Å². The minimum absolute atomic E-state index is 0.00281. The number of nitrogens with zero attached hydrogens (tertiary/aromatic N) is 8. The zero-order valence-electron chi connectivity index (χ0n) is 36.6. The quantitative estimate of drug-likeness (QED) is 0.110. The summed E-state index contributed by atoms with van der Waals surface area (Å²) in [6, 6.07) is 18.8. The molecule has 0 bridgehead atoms. The Hall–Kier alpha value is -6.27. The Morgan fingerprint density at radius 1 is 0.955 bits per heavy atom. The first kappa shape index (κ1) is 44.9. The summed E-state index contributed by atoms with van der Waals surface area (Å²) in [6.45, 7) is 5.15. The number of nitrogen functional groups attached to an aromatic ring is 1. The second kappa shape index (κ2) is 17.8. The summed E-state index contributed by atoms with van der Waals surface area (Å²) in [5.41, 5.74) is 4.58. The summed E-state index contributed by atoms with van der Waals surface area (Å²) in [4.78, 5) is 29.2. The van der Waals surface area contributed by atoms with Crippen LogP contribution in [0.3, 0.4) is 0 Å². The molecule has 0 saturated carbocycles. The Balaban J connectivity index is 1.18. The molecule has 3 aliphatic heterocycles. The molecule has 2 aromatic carbocycles. The van der Waals surface area contributed by atoms with E-state index in [-0.39, 0.29) is 66.4 Å². The smallest absolute Gasteiger partial charge is 0.418 e. The van der Waals surface area contributed by atoms with E-state index in [9.17, 15) is 22.0 Å². The number of pyridine rings is 3. The summed E-state index contributed by atoms with van der Waals surface area (Å²) in [5.74, 6) is 0.190. The largest absolute Gasteiger partial charge is 0.497 e. The fourth-order valence-electron chi connectivity index (χ4n) is 9.51. The van der Waals surface area contributed by atoms with E-state index in [1.165, 1.54) is 0 Å². The van der Waals surface area contributed by atoms with Gasteiger partial charge in [-0.2, -0.15) is 23.1 Å². The number of hydrogen-bond donors (Lipinski definition) is 1. The highest BCUT2D eigenvalue weighted by molar-refractivity contribution is 6.38. The number of anilines is 3. The van der Waals surface area contributed by atoms with Gasteiger partial charge in [0, 0.05) is 43.4 Å². The van der Waals surface area contributed by atoms with Crippen LogP contribution in [0.15, 0.2) is 66.9 Å². The standard InChI is InChI=1S/C47H47ClF5N9O4/c1-26-35(47(51,52)53)39(56-41(54)37(26)50)40-36(48)38-34-43(59-45(58-38)66-25-46-16-6-18-61(46)24-30(49)21-46)62(19-20-65-44(34)57-40)27(2)33-7-5-17-55-42(33)60(22-28-8-12-31(63-3)13-9-28)23-29-10-14-32(64-4)15-11-29/h5,7-15,17,27,30H,6,16,18-25H2,1-4H3,(H2,54,56)/t27-,30-,46+/m1/s1. The molecule has 9 rings (SSSR count). The second-order valence-electron chi connectivity index (χ2n) is 16.8. The maximum absolute atomic E-state index is 15.0. The predicted octanol–water partition coefficient (Wildman–Crippen LogP) is 9.32. The zero-order chi connectivity index (χ0) is 46.5. The Kier molecular flexibility index (Phi) is 12.1. The lowest BCUT2D eigenvalue weighted by Gasteiger charge is -2.34. The molecule has 13 nitrogen and oxygen atoms in total. The van der Waals surface area contributed by atoms with Crippen LogP contribution in [0, 0.1) is 12.7 Å². The number of rotatable bonds is 13. The minimum atomic E-state index is -5.08. The molecule has 4 aromatic heterocycles. The van der Waals surface area contributed by atoms with Gasteiger partial charge in [0.25, 0.3) is 0 Å². The molecule has 19 heteroatoms. The van der Waals surface area contributed by atoms with Crippen LogP contribution in [0.25, 0.3) is 22.3 Å². The second-order valence-corrected chi connectivity index (χ2v) is 17.2. The molecule has 0 radical (unpaired) electrons. The lowest BCUT2D eigenvalue weighted by molar-refractivity contribution is -0.137. The van der Waals surface area contributed by atoms with Crippen LogP contribution in [0.5, 0.6) is 23.4 Å². The maximum Gasteiger partial charge on any atom is 0.418 e. The van der Waals surface area contributed by atoms with Gasteiger partial charge in [-0.05, 0) is 74.7 Å². The normalized spacial score (nSPS) is 18.8. The van der Waals surface area contributed by atoms with Crippen molar-refractivity contribution in [2.75, 3.05) is 62.6 Å². The van der Waals surface area contributed by atoms with E-state index in [1.54, 1.807) is 20.4 Å². The monoisotopic (exact) mass is 931 g/mol. The number of fused-ring (bicyclic) bond motifs is 1. The summed E-state index contributed by atoms with van der Waals surface area (Å²) in [6.07, 6.45) is -2.54. The topological polar surface area (TPSA) is 137 Å². The van der Waals surface area contributed by atoms with Crippen LogP contribution in [-0.2, 0) is 19.3 Å². The molecule has 2 N–H and O–H groups in total. The van der Waals surface area contributed by atoms with Gasteiger partial charge in [0.05, 0.1) is 42.9 Å². The van der Waals surface area contributed by atoms with Crippen molar-refractivity contribution >= 4 is 40.0 Å². The molecule has 3 atom stereocenters. The van der Waals surface area contributed by atoms with Crippen LogP contribution < -0.4 is 34.5 Å². The molecule has 346 valence electrons. The Morgan fingerprint density at radius 3 is 2.29 bits per heavy atom. The van der Waals surface area contributed by atoms with Gasteiger partial charge in [-0.15, -0.1) is 0 Å². The van der Waals surface area contributed by atoms with Gasteiger partial charge in [0.15, 0.2) is 11.6 Å². The molecule has 2 saturated heterocycles. The first-order valence-electron chi connectivity index (χ1n) is 21.5. The summed E-state index contributed by atoms with van der Waals surface area (Å²) in [7, 11) is 3.23. The van der Waals surface area contributed by atoms with Gasteiger partial charge in [-0.3, -0.25) is 4.90 Å². The van der Waals surface area contributed by atoms with Crippen molar-refractivity contribution in [2.45, 2.75) is 70.1 Å². The lowest BCUT2D eigenvalue weighted by atomic mass is 9.95. The van der Waals surface area contributed by atoms with E-state index >= 15 is 0 Å². The third-order valence-corrected chi connectivity index (χ3v) is 13.1. The van der Waals surface area contributed by atoms with Gasteiger partial charge in [0.2, 0.25) is 5.88 Å². The summed E-state index contributed by atoms with van der Waals surface area (Å²) < 4.78 is 97.7. The molecule has 7 heterocycles. The van der Waals surface area contributed by atoms with Gasteiger partial charge in [-0.25, -0.2) is 23.7 Å². The van der Waals surface area contributed by atoms with Crippen LogP contribution in [0.1, 0.15) is 60.0 Å². The molecule has 6 aromatic rings. The Labute approximate surface area is 382 Å². The van der Waals surface area contributed by atoms with E-state index in [2.05, 4.69) is 19.8 Å². The molecule has 66 heavy (non-hydrogen) atoms. The number of ether oxygens (including phenoxy) is 4.